The first-order valence-corrected chi connectivity index (χ1v) is 7.01. The van der Waals surface area contributed by atoms with Gasteiger partial charge in [-0.15, -0.1) is 11.3 Å². The molecule has 0 radical (unpaired) electrons. The van der Waals surface area contributed by atoms with E-state index in [1.807, 2.05) is 5.38 Å². The molecule has 3 nitrogen and oxygen atoms in total. The fourth-order valence-corrected chi connectivity index (χ4v) is 3.00. The first-order chi connectivity index (χ1) is 7.75. The molecule has 0 saturated carbocycles. The van der Waals surface area contributed by atoms with E-state index in [0.29, 0.717) is 4.99 Å². The molecule has 0 spiro atoms. The van der Waals surface area contributed by atoms with Gasteiger partial charge in [0.05, 0.1) is 6.54 Å². The van der Waals surface area contributed by atoms with Crippen molar-refractivity contribution < 1.29 is 0 Å². The van der Waals surface area contributed by atoms with Gasteiger partial charge in [0, 0.05) is 5.38 Å². The third kappa shape index (κ3) is 3.23. The molecule has 0 aliphatic carbocycles. The monoisotopic (exact) mass is 255 g/mol. The molecule has 0 aromatic carbocycles. The molecule has 2 N–H and O–H groups in total. The van der Waals surface area contributed by atoms with Crippen LogP contribution in [0.2, 0.25) is 0 Å². The second-order valence-electron chi connectivity index (χ2n) is 4.18. The lowest BCUT2D eigenvalue weighted by Crippen LogP contribution is -2.24. The van der Waals surface area contributed by atoms with Crippen molar-refractivity contribution in [2.45, 2.75) is 32.2 Å². The molecular formula is C11H17N3S2. The Kier molecular flexibility index (Phi) is 4.26. The minimum Gasteiger partial charge on any atom is -0.388 e. The molecule has 0 bridgehead atoms. The molecular weight excluding hydrogens is 238 g/mol. The Hall–Kier alpha value is -0.520. The van der Waals surface area contributed by atoms with Crippen LogP contribution in [0.15, 0.2) is 5.38 Å². The molecule has 1 aromatic heterocycles. The maximum Gasteiger partial charge on any atom is 0.123 e. The van der Waals surface area contributed by atoms with Gasteiger partial charge < -0.3 is 5.73 Å². The fraction of sp³-hybridized carbons (Fsp3) is 0.636. The molecule has 1 saturated heterocycles. The Bertz CT molecular complexity index is 354. The minimum absolute atomic E-state index is 0.401. The van der Waals surface area contributed by atoms with E-state index in [0.717, 1.165) is 17.2 Å². The number of rotatable bonds is 3. The summed E-state index contributed by atoms with van der Waals surface area (Å²) >= 11 is 6.57. The van der Waals surface area contributed by atoms with Crippen LogP contribution in [0.1, 0.15) is 36.4 Å². The summed E-state index contributed by atoms with van der Waals surface area (Å²) < 4.78 is 0. The Morgan fingerprint density at radius 1 is 1.38 bits per heavy atom. The van der Waals surface area contributed by atoms with Crippen LogP contribution in [-0.4, -0.2) is 28.0 Å². The van der Waals surface area contributed by atoms with Crippen LogP contribution in [0, 0.1) is 0 Å². The van der Waals surface area contributed by atoms with E-state index in [1.165, 1.54) is 38.8 Å². The third-order valence-corrected chi connectivity index (χ3v) is 3.90. The summed E-state index contributed by atoms with van der Waals surface area (Å²) in [5.41, 5.74) is 6.32. The molecule has 0 atom stereocenters. The quantitative estimate of drug-likeness (QED) is 0.840. The van der Waals surface area contributed by atoms with E-state index in [-0.39, 0.29) is 0 Å². The number of nitrogens with zero attached hydrogens (tertiary/aromatic N) is 2. The van der Waals surface area contributed by atoms with Crippen molar-refractivity contribution in [3.8, 4) is 0 Å². The molecule has 2 heterocycles. The number of thiocarbonyl (C=S) groups is 1. The standard InChI is InChI=1S/C11H17N3S2/c12-11(15)9-8-16-10(13-9)7-14-5-3-1-2-4-6-14/h8H,1-7H2,(H2,12,15). The van der Waals surface area contributed by atoms with E-state index >= 15 is 0 Å². The molecule has 1 aliphatic heterocycles. The lowest BCUT2D eigenvalue weighted by molar-refractivity contribution is 0.276. The van der Waals surface area contributed by atoms with Crippen molar-refractivity contribution in [3.63, 3.8) is 0 Å². The summed E-state index contributed by atoms with van der Waals surface area (Å²) in [6.07, 6.45) is 5.36. The zero-order chi connectivity index (χ0) is 11.4. The van der Waals surface area contributed by atoms with Crippen LogP contribution >= 0.6 is 23.6 Å². The van der Waals surface area contributed by atoms with Crippen molar-refractivity contribution in [3.05, 3.63) is 16.1 Å². The SMILES string of the molecule is NC(=S)c1csc(CN2CCCCCC2)n1. The summed E-state index contributed by atoms with van der Waals surface area (Å²) in [5.74, 6) is 0. The lowest BCUT2D eigenvalue weighted by Gasteiger charge is -2.17. The Labute approximate surface area is 106 Å². The van der Waals surface area contributed by atoms with Crippen LogP contribution in [-0.2, 0) is 6.54 Å². The summed E-state index contributed by atoms with van der Waals surface area (Å²) in [5, 5.41) is 3.08. The van der Waals surface area contributed by atoms with Gasteiger partial charge in [0.2, 0.25) is 0 Å². The Morgan fingerprint density at radius 2 is 2.06 bits per heavy atom. The van der Waals surface area contributed by atoms with Gasteiger partial charge in [-0.25, -0.2) is 4.98 Å². The summed E-state index contributed by atoms with van der Waals surface area (Å²) in [7, 11) is 0. The number of thiazole rings is 1. The Balaban J connectivity index is 1.94. The fourth-order valence-electron chi connectivity index (χ4n) is 1.98. The van der Waals surface area contributed by atoms with Crippen molar-refractivity contribution in [2.75, 3.05) is 13.1 Å². The van der Waals surface area contributed by atoms with E-state index in [2.05, 4.69) is 9.88 Å². The van der Waals surface area contributed by atoms with E-state index in [1.54, 1.807) is 11.3 Å². The van der Waals surface area contributed by atoms with Crippen LogP contribution in [0.3, 0.4) is 0 Å². The predicted molar refractivity (Wildman–Crippen MR) is 71.7 cm³/mol. The van der Waals surface area contributed by atoms with Gasteiger partial charge in [0.1, 0.15) is 15.7 Å². The van der Waals surface area contributed by atoms with Gasteiger partial charge in [-0.2, -0.15) is 0 Å². The molecule has 1 aliphatic rings. The summed E-state index contributed by atoms with van der Waals surface area (Å²) in [4.78, 5) is 7.33. The molecule has 16 heavy (non-hydrogen) atoms. The first-order valence-electron chi connectivity index (χ1n) is 5.72. The highest BCUT2D eigenvalue weighted by molar-refractivity contribution is 7.80. The normalized spacial score (nSPS) is 18.2. The highest BCUT2D eigenvalue weighted by Gasteiger charge is 2.12. The highest BCUT2D eigenvalue weighted by Crippen LogP contribution is 2.16. The van der Waals surface area contributed by atoms with Gasteiger partial charge in [0.15, 0.2) is 0 Å². The van der Waals surface area contributed by atoms with Crippen molar-refractivity contribution >= 4 is 28.5 Å². The van der Waals surface area contributed by atoms with E-state index in [9.17, 15) is 0 Å². The molecule has 1 aromatic rings. The molecule has 5 heteroatoms. The van der Waals surface area contributed by atoms with Crippen LogP contribution in [0.4, 0.5) is 0 Å². The summed E-state index contributed by atoms with van der Waals surface area (Å²) in [6, 6.07) is 0. The minimum atomic E-state index is 0.401. The first kappa shape index (κ1) is 12.0. The number of nitrogens with two attached hydrogens (primary N) is 1. The van der Waals surface area contributed by atoms with Crippen molar-refractivity contribution in [2.24, 2.45) is 5.73 Å². The highest BCUT2D eigenvalue weighted by atomic mass is 32.1. The van der Waals surface area contributed by atoms with Gasteiger partial charge in [-0.1, -0.05) is 25.1 Å². The van der Waals surface area contributed by atoms with Crippen LogP contribution in [0.25, 0.3) is 0 Å². The largest absolute Gasteiger partial charge is 0.388 e. The lowest BCUT2D eigenvalue weighted by atomic mass is 10.2. The molecule has 1 fully saturated rings. The number of likely N-dealkylation sites (tertiary alicyclic amines) is 1. The van der Waals surface area contributed by atoms with Crippen LogP contribution in [0.5, 0.6) is 0 Å². The summed E-state index contributed by atoms with van der Waals surface area (Å²) in [6.45, 7) is 3.34. The molecule has 0 unspecified atom stereocenters. The smallest absolute Gasteiger partial charge is 0.123 e. The maximum absolute atomic E-state index is 5.55. The predicted octanol–water partition coefficient (Wildman–Crippen LogP) is 2.15. The van der Waals surface area contributed by atoms with Crippen molar-refractivity contribution in [1.29, 1.82) is 0 Å². The van der Waals surface area contributed by atoms with Gasteiger partial charge in [-0.3, -0.25) is 4.90 Å². The maximum atomic E-state index is 5.55. The number of hydrogen-bond donors (Lipinski definition) is 1. The zero-order valence-electron chi connectivity index (χ0n) is 9.32. The molecule has 0 amide bonds. The number of hydrogen-bond acceptors (Lipinski definition) is 4. The second-order valence-corrected chi connectivity index (χ2v) is 5.56. The number of aromatic nitrogens is 1. The Morgan fingerprint density at radius 3 is 2.62 bits per heavy atom. The zero-order valence-corrected chi connectivity index (χ0v) is 10.9. The third-order valence-electron chi connectivity index (χ3n) is 2.86. The molecule has 2 rings (SSSR count). The van der Waals surface area contributed by atoms with Crippen molar-refractivity contribution in [1.82, 2.24) is 9.88 Å². The second kappa shape index (κ2) is 5.70. The van der Waals surface area contributed by atoms with Gasteiger partial charge in [0.25, 0.3) is 0 Å². The van der Waals surface area contributed by atoms with Gasteiger partial charge >= 0.3 is 0 Å². The average Bonchev–Trinajstić information content (AvgIpc) is 2.56. The van der Waals surface area contributed by atoms with Crippen LogP contribution < -0.4 is 5.73 Å². The van der Waals surface area contributed by atoms with Gasteiger partial charge in [-0.05, 0) is 25.9 Å². The topological polar surface area (TPSA) is 42.1 Å². The average molecular weight is 255 g/mol. The molecule has 88 valence electrons. The van der Waals surface area contributed by atoms with E-state index in [4.69, 9.17) is 18.0 Å². The van der Waals surface area contributed by atoms with E-state index < -0.39 is 0 Å².